The number of allylic oxidation sites excluding steroid dienone is 1. The summed E-state index contributed by atoms with van der Waals surface area (Å²) in [5, 5.41) is 10.1. The molecule has 0 bridgehead atoms. The van der Waals surface area contributed by atoms with E-state index in [1.807, 2.05) is 6.92 Å². The van der Waals surface area contributed by atoms with Crippen molar-refractivity contribution in [3.8, 4) is 10.7 Å². The summed E-state index contributed by atoms with van der Waals surface area (Å²) in [4.78, 5) is 18.1. The molecule has 0 aliphatic heterocycles. The lowest BCUT2D eigenvalue weighted by Gasteiger charge is -2.12. The average molecular weight is 479 g/mol. The Morgan fingerprint density at radius 2 is 2.06 bits per heavy atom. The first-order valence-corrected chi connectivity index (χ1v) is 11.9. The third-order valence-corrected chi connectivity index (χ3v) is 7.65. The zero-order chi connectivity index (χ0) is 22.9. The smallest absolute Gasteiger partial charge is 0.257 e. The van der Waals surface area contributed by atoms with Crippen LogP contribution in [0.5, 0.6) is 0 Å². The molecular formula is C19H22N6O3S3. The first kappa shape index (κ1) is 23.0. The minimum atomic E-state index is -3.70. The van der Waals surface area contributed by atoms with E-state index in [9.17, 15) is 13.2 Å². The average Bonchev–Trinajstić information content (AvgIpc) is 3.26. The second-order valence-corrected chi connectivity index (χ2v) is 10.0. The Hall–Kier alpha value is -2.67. The molecule has 3 N–H and O–H groups in total. The first-order valence-electron chi connectivity index (χ1n) is 9.19. The molecule has 0 fully saturated rings. The Balaban J connectivity index is 1.95. The lowest BCUT2D eigenvalue weighted by atomic mass is 10.1. The molecule has 0 spiro atoms. The Bertz CT molecular complexity index is 1330. The lowest BCUT2D eigenvalue weighted by molar-refractivity contribution is 0.102. The highest BCUT2D eigenvalue weighted by Crippen LogP contribution is 2.32. The summed E-state index contributed by atoms with van der Waals surface area (Å²) in [6, 6.07) is 3.01. The standard InChI is InChI=1S/C19H22N6O3S3/c1-6-7-25-16(23-24-19(25)29)15-12(4)21-18(30-15)22-17(26)13-8-10(2)11(3)14(9-13)31(27,28)20-5/h6,8-9,20H,1,7H2,2-5H3,(H,24,29)(H,21,22,26). The maximum absolute atomic E-state index is 12.9. The van der Waals surface area contributed by atoms with Gasteiger partial charge in [-0.05, 0) is 63.3 Å². The summed E-state index contributed by atoms with van der Waals surface area (Å²) in [6.07, 6.45) is 1.71. The molecule has 1 amide bonds. The van der Waals surface area contributed by atoms with Crippen LogP contribution >= 0.6 is 23.6 Å². The predicted molar refractivity (Wildman–Crippen MR) is 124 cm³/mol. The predicted octanol–water partition coefficient (Wildman–Crippen LogP) is 3.34. The van der Waals surface area contributed by atoms with Gasteiger partial charge in [0.05, 0.1) is 15.5 Å². The van der Waals surface area contributed by atoms with Gasteiger partial charge in [-0.3, -0.25) is 19.8 Å². The number of aromatic amines is 1. The van der Waals surface area contributed by atoms with Gasteiger partial charge in [-0.1, -0.05) is 17.4 Å². The number of benzene rings is 1. The van der Waals surface area contributed by atoms with Gasteiger partial charge in [0, 0.05) is 12.1 Å². The molecule has 164 valence electrons. The van der Waals surface area contributed by atoms with E-state index >= 15 is 0 Å². The molecule has 0 unspecified atom stereocenters. The Morgan fingerprint density at radius 1 is 1.35 bits per heavy atom. The van der Waals surface area contributed by atoms with Crippen LogP contribution in [-0.2, 0) is 16.6 Å². The third-order valence-electron chi connectivity index (χ3n) is 4.73. The Labute approximate surface area is 189 Å². The quantitative estimate of drug-likeness (QED) is 0.354. The van der Waals surface area contributed by atoms with Gasteiger partial charge in [0.1, 0.15) is 0 Å². The van der Waals surface area contributed by atoms with E-state index < -0.39 is 15.9 Å². The van der Waals surface area contributed by atoms with E-state index in [2.05, 4.69) is 31.8 Å². The SMILES string of the molecule is C=CCn1c(-c2sc(NC(=O)c3cc(C)c(C)c(S(=O)(=O)NC)c3)nc2C)n[nH]c1=S. The minimum absolute atomic E-state index is 0.0659. The maximum atomic E-state index is 12.9. The van der Waals surface area contributed by atoms with Crippen molar-refractivity contribution in [1.29, 1.82) is 0 Å². The Morgan fingerprint density at radius 3 is 2.71 bits per heavy atom. The highest BCUT2D eigenvalue weighted by Gasteiger charge is 2.21. The van der Waals surface area contributed by atoms with Crippen molar-refractivity contribution >= 4 is 44.6 Å². The number of thiazole rings is 1. The van der Waals surface area contributed by atoms with Gasteiger partial charge in [0.2, 0.25) is 10.0 Å². The summed E-state index contributed by atoms with van der Waals surface area (Å²) >= 11 is 6.51. The van der Waals surface area contributed by atoms with E-state index in [1.54, 1.807) is 30.6 Å². The summed E-state index contributed by atoms with van der Waals surface area (Å²) in [6.45, 7) is 9.48. The van der Waals surface area contributed by atoms with Crippen molar-refractivity contribution in [2.24, 2.45) is 0 Å². The van der Waals surface area contributed by atoms with Crippen LogP contribution in [0.4, 0.5) is 5.13 Å². The van der Waals surface area contributed by atoms with Gasteiger partial charge in [0.25, 0.3) is 5.91 Å². The second-order valence-electron chi connectivity index (χ2n) is 6.76. The van der Waals surface area contributed by atoms with Crippen LogP contribution < -0.4 is 10.0 Å². The number of aromatic nitrogens is 4. The highest BCUT2D eigenvalue weighted by molar-refractivity contribution is 7.89. The number of H-pyrrole nitrogens is 1. The van der Waals surface area contributed by atoms with Crippen LogP contribution in [0.15, 0.2) is 29.7 Å². The molecule has 12 heteroatoms. The van der Waals surface area contributed by atoms with Crippen molar-refractivity contribution in [3.05, 3.63) is 51.9 Å². The third kappa shape index (κ3) is 4.51. The fourth-order valence-corrected chi connectivity index (χ4v) is 5.20. The number of aryl methyl sites for hydroxylation is 2. The van der Waals surface area contributed by atoms with Crippen molar-refractivity contribution in [3.63, 3.8) is 0 Å². The van der Waals surface area contributed by atoms with Crippen LogP contribution in [0.2, 0.25) is 0 Å². The van der Waals surface area contributed by atoms with Gasteiger partial charge in [0.15, 0.2) is 15.7 Å². The molecule has 0 radical (unpaired) electrons. The molecule has 3 aromatic rings. The van der Waals surface area contributed by atoms with E-state index in [0.29, 0.717) is 39.1 Å². The van der Waals surface area contributed by atoms with Gasteiger partial charge >= 0.3 is 0 Å². The first-order chi connectivity index (χ1) is 14.6. The largest absolute Gasteiger partial charge is 0.298 e. The van der Waals surface area contributed by atoms with Crippen LogP contribution in [0.1, 0.15) is 27.2 Å². The lowest BCUT2D eigenvalue weighted by Crippen LogP contribution is -2.21. The normalized spacial score (nSPS) is 11.5. The maximum Gasteiger partial charge on any atom is 0.257 e. The highest BCUT2D eigenvalue weighted by atomic mass is 32.2. The molecule has 9 nitrogen and oxygen atoms in total. The number of nitrogens with zero attached hydrogens (tertiary/aromatic N) is 3. The zero-order valence-corrected chi connectivity index (χ0v) is 19.9. The van der Waals surface area contributed by atoms with Gasteiger partial charge < -0.3 is 0 Å². The molecule has 0 aliphatic rings. The molecule has 31 heavy (non-hydrogen) atoms. The molecule has 2 heterocycles. The summed E-state index contributed by atoms with van der Waals surface area (Å²) in [7, 11) is -2.37. The molecule has 3 rings (SSSR count). The van der Waals surface area contributed by atoms with E-state index in [4.69, 9.17) is 12.2 Å². The molecule has 1 aromatic carbocycles. The van der Waals surface area contributed by atoms with Crippen molar-refractivity contribution in [1.82, 2.24) is 24.5 Å². The van der Waals surface area contributed by atoms with Gasteiger partial charge in [-0.2, -0.15) is 5.10 Å². The number of nitrogens with one attached hydrogen (secondary N) is 3. The van der Waals surface area contributed by atoms with Crippen molar-refractivity contribution < 1.29 is 13.2 Å². The fourth-order valence-electron chi connectivity index (χ4n) is 2.96. The van der Waals surface area contributed by atoms with E-state index in [-0.39, 0.29) is 10.5 Å². The summed E-state index contributed by atoms with van der Waals surface area (Å²) in [5.41, 5.74) is 2.18. The molecule has 0 atom stereocenters. The number of carbonyl (C=O) groups excluding carboxylic acids is 1. The number of hydrogen-bond acceptors (Lipinski definition) is 7. The fraction of sp³-hybridized carbons (Fsp3) is 0.263. The number of carbonyl (C=O) groups is 1. The van der Waals surface area contributed by atoms with Crippen LogP contribution in [0.25, 0.3) is 10.7 Å². The second kappa shape index (κ2) is 8.83. The van der Waals surface area contributed by atoms with Crippen LogP contribution in [0.3, 0.4) is 0 Å². The molecular weight excluding hydrogens is 456 g/mol. The van der Waals surface area contributed by atoms with Crippen LogP contribution in [0, 0.1) is 25.5 Å². The van der Waals surface area contributed by atoms with Gasteiger partial charge in [-0.15, -0.1) is 6.58 Å². The number of amides is 1. The van der Waals surface area contributed by atoms with Crippen LogP contribution in [-0.4, -0.2) is 41.1 Å². The number of sulfonamides is 1. The number of anilines is 1. The number of rotatable bonds is 7. The van der Waals surface area contributed by atoms with Gasteiger partial charge in [-0.25, -0.2) is 18.1 Å². The van der Waals surface area contributed by atoms with E-state index in [0.717, 1.165) is 4.88 Å². The topological polar surface area (TPSA) is 122 Å². The molecule has 0 saturated heterocycles. The summed E-state index contributed by atoms with van der Waals surface area (Å²) < 4.78 is 29.2. The zero-order valence-electron chi connectivity index (χ0n) is 17.4. The Kier molecular flexibility index (Phi) is 6.55. The molecule has 2 aromatic heterocycles. The number of hydrogen-bond donors (Lipinski definition) is 3. The molecule has 0 aliphatic carbocycles. The van der Waals surface area contributed by atoms with Crippen molar-refractivity contribution in [2.45, 2.75) is 32.2 Å². The van der Waals surface area contributed by atoms with E-state index in [1.165, 1.54) is 24.5 Å². The monoisotopic (exact) mass is 478 g/mol. The summed E-state index contributed by atoms with van der Waals surface area (Å²) in [5.74, 6) is 0.148. The minimum Gasteiger partial charge on any atom is -0.298 e. The van der Waals surface area contributed by atoms with Crippen molar-refractivity contribution in [2.75, 3.05) is 12.4 Å². The molecule has 0 saturated carbocycles.